The number of nitrogens with zero attached hydrogens (tertiary/aromatic N) is 2. The van der Waals surface area contributed by atoms with Gasteiger partial charge in [0, 0.05) is 7.05 Å². The number of hydrogen-bond donors (Lipinski definition) is 2. The number of benzene rings is 2. The first kappa shape index (κ1) is 15.0. The number of rotatable bonds is 4. The number of fused-ring (bicyclic) bond motifs is 1. The average molecular weight is 327 g/mol. The normalized spacial score (nSPS) is 10.5. The van der Waals surface area contributed by atoms with Gasteiger partial charge in [-0.2, -0.15) is 0 Å². The Morgan fingerprint density at radius 2 is 1.74 bits per heavy atom. The molecule has 3 rings (SSSR count). The van der Waals surface area contributed by atoms with Gasteiger partial charge in [0.2, 0.25) is 5.13 Å². The van der Waals surface area contributed by atoms with Crippen molar-refractivity contribution in [2.75, 3.05) is 12.1 Å². The molecule has 0 unspecified atom stereocenters. The first-order valence-electron chi connectivity index (χ1n) is 6.79. The van der Waals surface area contributed by atoms with Crippen molar-refractivity contribution in [2.24, 2.45) is 0 Å². The van der Waals surface area contributed by atoms with E-state index in [0.717, 1.165) is 10.2 Å². The highest BCUT2D eigenvalue weighted by Gasteiger charge is 2.18. The summed E-state index contributed by atoms with van der Waals surface area (Å²) in [6.45, 7) is 0. The minimum absolute atomic E-state index is 0.0392. The number of carbonyl (C=O) groups excluding carboxylic acids is 1. The molecule has 7 heteroatoms. The first-order valence-corrected chi connectivity index (χ1v) is 7.60. The molecule has 116 valence electrons. The average Bonchev–Trinajstić information content (AvgIpc) is 2.99. The number of aromatic nitrogens is 1. The number of aromatic carboxylic acids is 1. The third-order valence-corrected chi connectivity index (χ3v) is 4.35. The molecule has 0 radical (unpaired) electrons. The number of hydrazine groups is 1. The lowest BCUT2D eigenvalue weighted by Crippen LogP contribution is -2.39. The van der Waals surface area contributed by atoms with Crippen LogP contribution in [0.15, 0.2) is 48.5 Å². The molecule has 3 aromatic rings. The van der Waals surface area contributed by atoms with E-state index in [9.17, 15) is 9.59 Å². The molecule has 0 saturated heterocycles. The summed E-state index contributed by atoms with van der Waals surface area (Å²) in [7, 11) is 1.67. The van der Waals surface area contributed by atoms with Gasteiger partial charge in [0.05, 0.1) is 21.3 Å². The van der Waals surface area contributed by atoms with Gasteiger partial charge < -0.3 is 5.11 Å². The van der Waals surface area contributed by atoms with Crippen molar-refractivity contribution in [1.82, 2.24) is 10.4 Å². The first-order chi connectivity index (χ1) is 11.1. The summed E-state index contributed by atoms with van der Waals surface area (Å²) in [5.74, 6) is -1.64. The monoisotopic (exact) mass is 327 g/mol. The highest BCUT2D eigenvalue weighted by molar-refractivity contribution is 7.22. The second kappa shape index (κ2) is 6.05. The van der Waals surface area contributed by atoms with Crippen LogP contribution in [0, 0.1) is 0 Å². The molecule has 1 aromatic heterocycles. The lowest BCUT2D eigenvalue weighted by molar-refractivity contribution is 0.0691. The van der Waals surface area contributed by atoms with Gasteiger partial charge in [-0.3, -0.25) is 15.2 Å². The molecule has 0 bridgehead atoms. The van der Waals surface area contributed by atoms with Gasteiger partial charge in [-0.25, -0.2) is 9.78 Å². The molecule has 2 N–H and O–H groups in total. The second-order valence-electron chi connectivity index (χ2n) is 4.81. The van der Waals surface area contributed by atoms with E-state index in [0.29, 0.717) is 5.13 Å². The summed E-state index contributed by atoms with van der Waals surface area (Å²) in [4.78, 5) is 28.0. The Morgan fingerprint density at radius 1 is 1.09 bits per heavy atom. The number of anilines is 1. The summed E-state index contributed by atoms with van der Waals surface area (Å²) < 4.78 is 1.01. The summed E-state index contributed by atoms with van der Waals surface area (Å²) in [5.41, 5.74) is 3.56. The summed E-state index contributed by atoms with van der Waals surface area (Å²) in [6, 6.07) is 13.7. The maximum absolute atomic E-state index is 12.3. The summed E-state index contributed by atoms with van der Waals surface area (Å²) in [6.07, 6.45) is 0. The molecule has 0 aliphatic carbocycles. The van der Waals surface area contributed by atoms with Crippen molar-refractivity contribution in [3.8, 4) is 0 Å². The van der Waals surface area contributed by atoms with E-state index >= 15 is 0 Å². The number of carboxylic acids is 1. The molecule has 2 aromatic carbocycles. The zero-order valence-corrected chi connectivity index (χ0v) is 13.0. The fourth-order valence-electron chi connectivity index (χ4n) is 2.13. The predicted molar refractivity (Wildman–Crippen MR) is 88.9 cm³/mol. The van der Waals surface area contributed by atoms with Crippen molar-refractivity contribution in [1.29, 1.82) is 0 Å². The quantitative estimate of drug-likeness (QED) is 0.720. The van der Waals surface area contributed by atoms with Crippen LogP contribution in [0.5, 0.6) is 0 Å². The van der Waals surface area contributed by atoms with Crippen molar-refractivity contribution >= 4 is 38.6 Å². The number of carbonyl (C=O) groups is 2. The molecule has 0 atom stereocenters. The van der Waals surface area contributed by atoms with Crippen molar-refractivity contribution < 1.29 is 14.7 Å². The van der Waals surface area contributed by atoms with Crippen LogP contribution in [0.1, 0.15) is 20.7 Å². The Labute approximate surface area is 136 Å². The van der Waals surface area contributed by atoms with E-state index in [4.69, 9.17) is 5.11 Å². The molecule has 0 spiro atoms. The van der Waals surface area contributed by atoms with Gasteiger partial charge in [-0.05, 0) is 24.3 Å². The number of carboxylic acid groups (broad SMARTS) is 1. The molecule has 0 saturated carbocycles. The minimum atomic E-state index is -1.14. The van der Waals surface area contributed by atoms with Crippen LogP contribution in [0.2, 0.25) is 0 Å². The molecule has 0 fully saturated rings. The molecule has 1 heterocycles. The van der Waals surface area contributed by atoms with Gasteiger partial charge in [-0.1, -0.05) is 35.6 Å². The zero-order chi connectivity index (χ0) is 16.4. The molecular weight excluding hydrogens is 314 g/mol. The van der Waals surface area contributed by atoms with Crippen LogP contribution < -0.4 is 10.4 Å². The second-order valence-corrected chi connectivity index (χ2v) is 5.82. The predicted octanol–water partition coefficient (Wildman–Crippen LogP) is 2.78. The van der Waals surface area contributed by atoms with E-state index < -0.39 is 11.9 Å². The maximum atomic E-state index is 12.3. The van der Waals surface area contributed by atoms with Gasteiger partial charge in [0.25, 0.3) is 5.91 Å². The summed E-state index contributed by atoms with van der Waals surface area (Å²) in [5, 5.41) is 11.3. The Hall–Kier alpha value is -2.93. The van der Waals surface area contributed by atoms with Gasteiger partial charge in [-0.15, -0.1) is 0 Å². The third-order valence-electron chi connectivity index (χ3n) is 3.24. The minimum Gasteiger partial charge on any atom is -0.478 e. The van der Waals surface area contributed by atoms with Crippen LogP contribution in [0.4, 0.5) is 5.13 Å². The van der Waals surface area contributed by atoms with Crippen LogP contribution >= 0.6 is 11.3 Å². The fourth-order valence-corrected chi connectivity index (χ4v) is 3.02. The van der Waals surface area contributed by atoms with E-state index in [1.165, 1.54) is 28.5 Å². The van der Waals surface area contributed by atoms with Crippen LogP contribution in [-0.2, 0) is 0 Å². The van der Waals surface area contributed by atoms with Gasteiger partial charge >= 0.3 is 5.97 Å². The SMILES string of the molecule is CN(NC(=O)c1ccccc1C(=O)O)c1nc2ccccc2s1. The summed E-state index contributed by atoms with van der Waals surface area (Å²) >= 11 is 1.44. The van der Waals surface area contributed by atoms with E-state index in [2.05, 4.69) is 10.4 Å². The highest BCUT2D eigenvalue weighted by atomic mass is 32.1. The topological polar surface area (TPSA) is 82.5 Å². The molecule has 23 heavy (non-hydrogen) atoms. The number of amides is 1. The van der Waals surface area contributed by atoms with Gasteiger partial charge in [0.15, 0.2) is 0 Å². The van der Waals surface area contributed by atoms with Crippen molar-refractivity contribution in [3.05, 3.63) is 59.7 Å². The number of nitrogens with one attached hydrogen (secondary N) is 1. The molecule has 0 aliphatic rings. The van der Waals surface area contributed by atoms with Crippen LogP contribution in [-0.4, -0.2) is 29.0 Å². The smallest absolute Gasteiger partial charge is 0.336 e. The van der Waals surface area contributed by atoms with E-state index in [-0.39, 0.29) is 11.1 Å². The third kappa shape index (κ3) is 3.00. The van der Waals surface area contributed by atoms with Crippen LogP contribution in [0.3, 0.4) is 0 Å². The fraction of sp³-hybridized carbons (Fsp3) is 0.0625. The zero-order valence-electron chi connectivity index (χ0n) is 12.2. The van der Waals surface area contributed by atoms with E-state index in [1.807, 2.05) is 24.3 Å². The number of thiazole rings is 1. The Kier molecular flexibility index (Phi) is 3.94. The standard InChI is InChI=1S/C16H13N3O3S/c1-19(16-17-12-8-4-5-9-13(12)23-16)18-14(20)10-6-2-3-7-11(10)15(21)22/h2-9H,1H3,(H,18,20)(H,21,22). The lowest BCUT2D eigenvalue weighted by Gasteiger charge is -2.17. The molecule has 6 nitrogen and oxygen atoms in total. The maximum Gasteiger partial charge on any atom is 0.336 e. The molecular formula is C16H13N3O3S. The van der Waals surface area contributed by atoms with Crippen molar-refractivity contribution in [2.45, 2.75) is 0 Å². The van der Waals surface area contributed by atoms with Crippen molar-refractivity contribution in [3.63, 3.8) is 0 Å². The highest BCUT2D eigenvalue weighted by Crippen LogP contribution is 2.27. The van der Waals surface area contributed by atoms with Crippen LogP contribution in [0.25, 0.3) is 10.2 Å². The van der Waals surface area contributed by atoms with E-state index in [1.54, 1.807) is 19.2 Å². The largest absolute Gasteiger partial charge is 0.478 e. The Morgan fingerprint density at radius 3 is 2.43 bits per heavy atom. The molecule has 1 amide bonds. The van der Waals surface area contributed by atoms with Gasteiger partial charge in [0.1, 0.15) is 0 Å². The number of para-hydroxylation sites is 1. The Balaban J connectivity index is 1.83. The lowest BCUT2D eigenvalue weighted by atomic mass is 10.1. The number of hydrogen-bond acceptors (Lipinski definition) is 5. The molecule has 0 aliphatic heterocycles. The Bertz CT molecular complexity index is 858.